The van der Waals surface area contributed by atoms with E-state index in [4.69, 9.17) is 0 Å². The second kappa shape index (κ2) is 6.66. The van der Waals surface area contributed by atoms with Gasteiger partial charge >= 0.3 is 0 Å². The quantitative estimate of drug-likeness (QED) is 0.786. The van der Waals surface area contributed by atoms with Crippen LogP contribution >= 0.6 is 0 Å². The molecular formula is C13H23N5. The molecule has 0 aliphatic carbocycles. The molecule has 0 amide bonds. The third-order valence-electron chi connectivity index (χ3n) is 3.39. The molecule has 5 heteroatoms. The summed E-state index contributed by atoms with van der Waals surface area (Å²) < 4.78 is 0. The summed E-state index contributed by atoms with van der Waals surface area (Å²) in [7, 11) is 4.10. The van der Waals surface area contributed by atoms with Crippen LogP contribution in [0.15, 0.2) is 12.3 Å². The Bertz CT molecular complexity index is 368. The van der Waals surface area contributed by atoms with Crippen molar-refractivity contribution in [2.45, 2.75) is 19.4 Å². The normalized spacial score (nSPS) is 20.2. The van der Waals surface area contributed by atoms with Crippen LogP contribution in [0.5, 0.6) is 0 Å². The van der Waals surface area contributed by atoms with E-state index in [2.05, 4.69) is 32.5 Å². The van der Waals surface area contributed by atoms with Crippen molar-refractivity contribution in [1.82, 2.24) is 20.2 Å². The highest BCUT2D eigenvalue weighted by Crippen LogP contribution is 2.17. The van der Waals surface area contributed by atoms with Crippen LogP contribution in [0.3, 0.4) is 0 Å². The van der Waals surface area contributed by atoms with Crippen molar-refractivity contribution >= 4 is 5.82 Å². The lowest BCUT2D eigenvalue weighted by Crippen LogP contribution is -2.16. The molecule has 0 bridgehead atoms. The number of likely N-dealkylation sites (tertiary alicyclic amines) is 1. The zero-order valence-electron chi connectivity index (χ0n) is 11.3. The highest BCUT2D eigenvalue weighted by atomic mass is 15.1. The summed E-state index contributed by atoms with van der Waals surface area (Å²) in [5.41, 5.74) is 0. The summed E-state index contributed by atoms with van der Waals surface area (Å²) in [6, 6.07) is 1.93. The van der Waals surface area contributed by atoms with Crippen LogP contribution in [0.1, 0.15) is 18.7 Å². The van der Waals surface area contributed by atoms with Crippen LogP contribution in [0.25, 0.3) is 0 Å². The fourth-order valence-corrected chi connectivity index (χ4v) is 2.41. The largest absolute Gasteiger partial charge is 0.370 e. The number of nitrogens with one attached hydrogen (secondary N) is 2. The van der Waals surface area contributed by atoms with Gasteiger partial charge in [0.25, 0.3) is 0 Å². The molecule has 1 fully saturated rings. The van der Waals surface area contributed by atoms with Gasteiger partial charge in [0, 0.05) is 19.3 Å². The minimum atomic E-state index is 0.711. The summed E-state index contributed by atoms with van der Waals surface area (Å²) in [4.78, 5) is 11.1. The van der Waals surface area contributed by atoms with Crippen LogP contribution in [-0.2, 0) is 6.54 Å². The monoisotopic (exact) mass is 249 g/mol. The summed E-state index contributed by atoms with van der Waals surface area (Å²) in [5, 5.41) is 6.45. The summed E-state index contributed by atoms with van der Waals surface area (Å²) in [6.07, 6.45) is 4.36. The standard InChI is InChI=1S/C13H23N5/c1-14-9-13-16-7-4-12(17-13)15-6-3-11-5-8-18(2)10-11/h4,7,11,14H,3,5-6,8-10H2,1-2H3,(H,15,16,17). The molecule has 1 atom stereocenters. The number of anilines is 1. The average molecular weight is 249 g/mol. The Hall–Kier alpha value is -1.20. The lowest BCUT2D eigenvalue weighted by molar-refractivity contribution is 0.390. The van der Waals surface area contributed by atoms with Gasteiger partial charge < -0.3 is 15.5 Å². The Kier molecular flexibility index (Phi) is 4.90. The molecule has 0 saturated carbocycles. The molecule has 0 spiro atoms. The molecular weight excluding hydrogens is 226 g/mol. The average Bonchev–Trinajstić information content (AvgIpc) is 2.76. The molecule has 1 aliphatic rings. The highest BCUT2D eigenvalue weighted by Gasteiger charge is 2.18. The van der Waals surface area contributed by atoms with E-state index >= 15 is 0 Å². The molecule has 1 saturated heterocycles. The lowest BCUT2D eigenvalue weighted by Gasteiger charge is -2.11. The van der Waals surface area contributed by atoms with Crippen molar-refractivity contribution in [2.75, 3.05) is 39.0 Å². The SMILES string of the molecule is CNCc1nccc(NCCC2CCN(C)C2)n1. The zero-order chi connectivity index (χ0) is 12.8. The first-order valence-electron chi connectivity index (χ1n) is 6.67. The van der Waals surface area contributed by atoms with E-state index in [9.17, 15) is 0 Å². The molecule has 100 valence electrons. The topological polar surface area (TPSA) is 53.1 Å². The van der Waals surface area contributed by atoms with E-state index < -0.39 is 0 Å². The summed E-state index contributed by atoms with van der Waals surface area (Å²) >= 11 is 0. The lowest BCUT2D eigenvalue weighted by atomic mass is 10.1. The second-order valence-electron chi connectivity index (χ2n) is 5.02. The van der Waals surface area contributed by atoms with Crippen molar-refractivity contribution in [2.24, 2.45) is 5.92 Å². The Balaban J connectivity index is 1.74. The zero-order valence-corrected chi connectivity index (χ0v) is 11.3. The number of hydrogen-bond donors (Lipinski definition) is 2. The van der Waals surface area contributed by atoms with Gasteiger partial charge in [-0.15, -0.1) is 0 Å². The molecule has 18 heavy (non-hydrogen) atoms. The molecule has 0 aromatic carbocycles. The van der Waals surface area contributed by atoms with Crippen molar-refractivity contribution in [3.63, 3.8) is 0 Å². The van der Waals surface area contributed by atoms with Crippen molar-refractivity contribution < 1.29 is 0 Å². The van der Waals surface area contributed by atoms with E-state index in [0.717, 1.165) is 24.1 Å². The Morgan fingerprint density at radius 2 is 2.39 bits per heavy atom. The molecule has 2 N–H and O–H groups in total. The number of aromatic nitrogens is 2. The van der Waals surface area contributed by atoms with Gasteiger partial charge in [-0.3, -0.25) is 0 Å². The first-order valence-corrected chi connectivity index (χ1v) is 6.67. The van der Waals surface area contributed by atoms with Gasteiger partial charge in [-0.05, 0) is 45.5 Å². The van der Waals surface area contributed by atoms with Crippen LogP contribution in [0.2, 0.25) is 0 Å². The second-order valence-corrected chi connectivity index (χ2v) is 5.02. The first-order chi connectivity index (χ1) is 8.78. The predicted octanol–water partition coefficient (Wildman–Crippen LogP) is 0.950. The Morgan fingerprint density at radius 1 is 1.50 bits per heavy atom. The van der Waals surface area contributed by atoms with Crippen LogP contribution in [0.4, 0.5) is 5.82 Å². The van der Waals surface area contributed by atoms with Gasteiger partial charge in [-0.25, -0.2) is 9.97 Å². The van der Waals surface area contributed by atoms with Gasteiger partial charge in [-0.1, -0.05) is 0 Å². The van der Waals surface area contributed by atoms with Gasteiger partial charge in [0.2, 0.25) is 0 Å². The van der Waals surface area contributed by atoms with Gasteiger partial charge in [0.1, 0.15) is 11.6 Å². The Morgan fingerprint density at radius 3 is 3.11 bits per heavy atom. The molecule has 5 nitrogen and oxygen atoms in total. The summed E-state index contributed by atoms with van der Waals surface area (Å²) in [5.74, 6) is 2.60. The van der Waals surface area contributed by atoms with Crippen molar-refractivity contribution in [1.29, 1.82) is 0 Å². The molecule has 1 unspecified atom stereocenters. The minimum Gasteiger partial charge on any atom is -0.370 e. The maximum absolute atomic E-state index is 4.45. The van der Waals surface area contributed by atoms with E-state index in [-0.39, 0.29) is 0 Å². The maximum Gasteiger partial charge on any atom is 0.144 e. The number of rotatable bonds is 6. The van der Waals surface area contributed by atoms with Gasteiger partial charge in [0.05, 0.1) is 6.54 Å². The molecule has 1 aromatic heterocycles. The van der Waals surface area contributed by atoms with E-state index in [0.29, 0.717) is 6.54 Å². The Labute approximate surface area is 109 Å². The smallest absolute Gasteiger partial charge is 0.144 e. The molecule has 1 aromatic rings. The van der Waals surface area contributed by atoms with E-state index in [1.54, 1.807) is 0 Å². The molecule has 0 radical (unpaired) electrons. The predicted molar refractivity (Wildman–Crippen MR) is 73.5 cm³/mol. The summed E-state index contributed by atoms with van der Waals surface area (Å²) in [6.45, 7) is 4.18. The van der Waals surface area contributed by atoms with Crippen molar-refractivity contribution in [3.05, 3.63) is 18.1 Å². The minimum absolute atomic E-state index is 0.711. The highest BCUT2D eigenvalue weighted by molar-refractivity contribution is 5.32. The first kappa shape index (κ1) is 13.2. The molecule has 2 rings (SSSR count). The van der Waals surface area contributed by atoms with E-state index in [1.807, 2.05) is 19.3 Å². The van der Waals surface area contributed by atoms with Crippen molar-refractivity contribution in [3.8, 4) is 0 Å². The van der Waals surface area contributed by atoms with Gasteiger partial charge in [-0.2, -0.15) is 0 Å². The fourth-order valence-electron chi connectivity index (χ4n) is 2.41. The van der Waals surface area contributed by atoms with Crippen LogP contribution in [-0.4, -0.2) is 48.6 Å². The third kappa shape index (κ3) is 3.92. The fraction of sp³-hybridized carbons (Fsp3) is 0.692. The van der Waals surface area contributed by atoms with Crippen LogP contribution < -0.4 is 10.6 Å². The number of nitrogens with zero attached hydrogens (tertiary/aromatic N) is 3. The van der Waals surface area contributed by atoms with E-state index in [1.165, 1.54) is 25.9 Å². The third-order valence-corrected chi connectivity index (χ3v) is 3.39. The maximum atomic E-state index is 4.45. The van der Waals surface area contributed by atoms with Gasteiger partial charge in [0.15, 0.2) is 0 Å². The number of hydrogen-bond acceptors (Lipinski definition) is 5. The van der Waals surface area contributed by atoms with Crippen LogP contribution in [0, 0.1) is 5.92 Å². The molecule has 1 aliphatic heterocycles. The molecule has 2 heterocycles.